The summed E-state index contributed by atoms with van der Waals surface area (Å²) in [6.07, 6.45) is 0. The van der Waals surface area contributed by atoms with Crippen molar-refractivity contribution in [2.45, 2.75) is 0 Å². The molecule has 0 N–H and O–H groups in total. The Morgan fingerprint density at radius 2 is 0.220 bits per heavy atom. The molecule has 0 spiro atoms. The van der Waals surface area contributed by atoms with E-state index in [1.807, 2.05) is 0 Å². The van der Waals surface area contributed by atoms with E-state index in [1.165, 1.54) is 0 Å². The summed E-state index contributed by atoms with van der Waals surface area (Å²) >= 11 is -43.2. The van der Waals surface area contributed by atoms with Crippen molar-refractivity contribution in [2.75, 3.05) is 0 Å². The molecule has 0 bridgehead atoms. The van der Waals surface area contributed by atoms with Gasteiger partial charge in [-0.2, -0.15) is 0 Å². The molecule has 0 rings (SSSR count). The normalized spacial score (nSPS) is 9.90. The minimum atomic E-state index is -6.17. The van der Waals surface area contributed by atoms with Crippen LogP contribution in [0.25, 0.3) is 0 Å². The molecule has 0 fully saturated rings. The minimum Gasteiger partial charge on any atom is 3.00 e. The molecule has 0 aliphatic heterocycles. The van der Waals surface area contributed by atoms with E-state index in [1.54, 1.807) is 0 Å². The zero-order chi connectivity index (χ0) is 31.5. The molecule has 0 unspecified atom stereocenters. The van der Waals surface area contributed by atoms with E-state index in [0.29, 0.717) is 0 Å². The van der Waals surface area contributed by atoms with Crippen LogP contribution in [-0.4, -0.2) is 0 Å². The van der Waals surface area contributed by atoms with Crippen molar-refractivity contribution in [3.63, 3.8) is 0 Å². The Kier molecular flexibility index (Phi) is 95.5. The average Bonchev–Trinajstić information content (AvgIpc) is 2.06. The van der Waals surface area contributed by atoms with Crippen molar-refractivity contribution in [3.8, 4) is 0 Å². The third-order valence-electron chi connectivity index (χ3n) is 0. The Bertz CT molecular complexity index is 937. The number of rotatable bonds is 0. The molecule has 2 radical (unpaired) electrons. The van der Waals surface area contributed by atoms with Gasteiger partial charge in [-0.1, -0.05) is 0 Å². The van der Waals surface area contributed by atoms with E-state index >= 15 is 0 Å². The fourth-order valence-corrected chi connectivity index (χ4v) is 0. The summed E-state index contributed by atoms with van der Waals surface area (Å²) in [4.78, 5) is 0. The molecule has 0 aromatic rings. The van der Waals surface area contributed by atoms with E-state index in [0.717, 1.165) is 0 Å². The smallest absolute Gasteiger partial charge is 3.00 e. The van der Waals surface area contributed by atoms with Gasteiger partial charge in [-0.3, -0.25) is 0 Å². The van der Waals surface area contributed by atoms with Crippen LogP contribution in [0.4, 0.5) is 0 Å². The van der Waals surface area contributed by atoms with Crippen LogP contribution in [0.5, 0.6) is 0 Å². The van der Waals surface area contributed by atoms with Crippen LogP contribution in [0.1, 0.15) is 0 Å². The summed E-state index contributed by atoms with van der Waals surface area (Å²) in [5, 5.41) is 0. The van der Waals surface area contributed by atoms with Crippen LogP contribution in [-0.2, 0) is 230 Å². The second-order valence-corrected chi connectivity index (χ2v) is 23.4. The van der Waals surface area contributed by atoms with Gasteiger partial charge in [0.1, 0.15) is 0 Å². The fraction of sp³-hybridized carbons (Fsp3) is 0. The topological polar surface area (TPSA) is 562 Å². The predicted octanol–water partition coefficient (Wildman–Crippen LogP) is -24.3. The van der Waals surface area contributed by atoms with Crippen molar-refractivity contribution in [2.24, 2.45) is 0 Å². The summed E-state index contributed by atoms with van der Waals surface area (Å²) < 4.78 is 242. The van der Waals surface area contributed by atoms with E-state index in [4.69, 9.17) is 100 Å². The molecule has 0 saturated heterocycles. The van der Waals surface area contributed by atoms with E-state index < -0.39 is 117 Å². The van der Waals surface area contributed by atoms with Gasteiger partial charge in [0.25, 0.3) is 0 Å². The van der Waals surface area contributed by atoms with Gasteiger partial charge in [0, 0.05) is 0 Å². The summed E-state index contributed by atoms with van der Waals surface area (Å²) in [5.74, 6) is 0. The Balaban J connectivity index is -0.0000000198. The second kappa shape index (κ2) is 44.4. The maximum Gasteiger partial charge on any atom is 3.00 e. The van der Waals surface area contributed by atoms with Gasteiger partial charge >= 0.3 is 479 Å². The van der Waals surface area contributed by atoms with Crippen LogP contribution in [0.3, 0.4) is 0 Å². The van der Waals surface area contributed by atoms with Crippen LogP contribution < -0.4 is 155 Å². The van der Waals surface area contributed by atoms with Crippen molar-refractivity contribution in [1.29, 1.82) is 0 Å². The SMILES string of the molecule is [K+].[K+].[O]=[W](=[O])([O-])[O-].[O]=[W](=[O])([O-])[O-].[O]=[W](=[O])([O-])[O-].[O]=[W](=[O])([O-])[O-].[O]=[W](=[O])([O-])[O-].[O]=[W](=[O])([O-])[O-].[O]=[W](=[O])([O-])[O-].[Y+3].[Y+3].[Yb+3].[Yb+3]. The van der Waals surface area contributed by atoms with Gasteiger partial charge in [-0.05, 0) is 0 Å². The molecule has 0 amide bonds. The van der Waals surface area contributed by atoms with Gasteiger partial charge in [-0.15, -0.1) is 0 Å². The third-order valence-corrected chi connectivity index (χ3v) is 0. The monoisotopic (exact) mass is 2340 g/mol. The van der Waals surface area contributed by atoms with Gasteiger partial charge in [0.15, 0.2) is 0 Å². The quantitative estimate of drug-likeness (QED) is 0.203. The summed E-state index contributed by atoms with van der Waals surface area (Å²) in [6, 6.07) is 0. The van der Waals surface area contributed by atoms with Crippen LogP contribution >= 0.6 is 0 Å². The van der Waals surface area contributed by atoms with Gasteiger partial charge in [0.05, 0.1) is 0 Å². The van der Waals surface area contributed by atoms with E-state index in [-0.39, 0.29) is 262 Å². The van der Waals surface area contributed by atoms with Gasteiger partial charge < -0.3 is 0 Å². The molecular weight excluding hydrogens is 2340 g/mol. The maximum absolute atomic E-state index is 8.65. The maximum atomic E-state index is 8.65. The third kappa shape index (κ3) is 1160. The predicted molar refractivity (Wildman–Crippen MR) is 9.61 cm³/mol. The minimum absolute atomic E-state index is 0. The first kappa shape index (κ1) is 88.3. The van der Waals surface area contributed by atoms with Gasteiger partial charge in [-0.25, -0.2) is 0 Å². The van der Waals surface area contributed by atoms with Crippen molar-refractivity contribution >= 4 is 0 Å². The molecule has 41 heavy (non-hydrogen) atoms. The fourth-order valence-electron chi connectivity index (χ4n) is 0. The molecule has 246 valence electrons. The zero-order valence-corrected chi connectivity index (χ0v) is 53.9. The Labute approximate surface area is 464 Å². The largest absolute Gasteiger partial charge is 3.00 e. The summed E-state index contributed by atoms with van der Waals surface area (Å²) in [6.45, 7) is 0. The van der Waals surface area contributed by atoms with Gasteiger partial charge in [0.2, 0.25) is 0 Å². The first-order valence-corrected chi connectivity index (χ1v) is 38.2. The van der Waals surface area contributed by atoms with Crippen LogP contribution in [0.2, 0.25) is 0 Å². The molecule has 28 nitrogen and oxygen atoms in total. The molecular formula is K2O28W7Y2Yb2. The van der Waals surface area contributed by atoms with Crippen LogP contribution in [0.15, 0.2) is 0 Å². The summed E-state index contributed by atoms with van der Waals surface area (Å²) in [7, 11) is 0. The molecule has 0 aromatic heterocycles. The molecule has 0 atom stereocenters. The standard InChI is InChI=1S/2K.28O.7W.2Y.2Yb/q2*+1;;;;;;;;;;;;;;;14*-1;;;;;;;;4*+3. The number of hydrogen-bond acceptors (Lipinski definition) is 28. The first-order valence-electron chi connectivity index (χ1n) is 4.67. The molecule has 0 aromatic carbocycles. The Hall–Kier alpha value is 9.98. The van der Waals surface area contributed by atoms with Crippen LogP contribution in [0, 0.1) is 93.8 Å². The molecule has 0 saturated carbocycles. The van der Waals surface area contributed by atoms with Crippen molar-refractivity contribution < 1.29 is 479 Å². The molecule has 0 aliphatic carbocycles. The second-order valence-electron chi connectivity index (χ2n) is 2.86. The Morgan fingerprint density at radius 3 is 0.220 bits per heavy atom. The average molecular weight is 2340 g/mol. The zero-order valence-electron chi connectivity index (χ0n) is 18.0. The molecule has 0 heterocycles. The summed E-state index contributed by atoms with van der Waals surface area (Å²) in [5.41, 5.74) is 0. The van der Waals surface area contributed by atoms with E-state index in [2.05, 4.69) is 0 Å². The van der Waals surface area contributed by atoms with Crippen molar-refractivity contribution in [3.05, 3.63) is 0 Å². The Morgan fingerprint density at radius 1 is 0.220 bits per heavy atom. The first-order chi connectivity index (χ1) is 14.0. The van der Waals surface area contributed by atoms with E-state index in [9.17, 15) is 0 Å². The van der Waals surface area contributed by atoms with Crippen molar-refractivity contribution in [1.82, 2.24) is 0 Å². The molecule has 41 heteroatoms. The molecule has 0 aliphatic rings. The number of hydrogen-bond donors (Lipinski definition) is 0.